The van der Waals surface area contributed by atoms with E-state index in [1.165, 1.54) is 77.0 Å². The second kappa shape index (κ2) is 39.6. The van der Waals surface area contributed by atoms with Gasteiger partial charge in [0.1, 0.15) is 17.8 Å². The highest BCUT2D eigenvalue weighted by Gasteiger charge is 2.04. The number of ether oxygens (including phenoxy) is 2. The van der Waals surface area contributed by atoms with Crippen LogP contribution in [0.3, 0.4) is 0 Å². The van der Waals surface area contributed by atoms with Gasteiger partial charge in [-0.3, -0.25) is 14.4 Å². The van der Waals surface area contributed by atoms with Crippen molar-refractivity contribution in [1.29, 1.82) is 0 Å². The summed E-state index contributed by atoms with van der Waals surface area (Å²) >= 11 is 0. The van der Waals surface area contributed by atoms with Crippen LogP contribution in [0.2, 0.25) is 0 Å². The maximum atomic E-state index is 11.5. The number of carboxylic acids is 2. The van der Waals surface area contributed by atoms with Crippen LogP contribution in [0.25, 0.3) is 0 Å². The Kier molecular flexibility index (Phi) is 35.7. The number of benzene rings is 1. The maximum absolute atomic E-state index is 11.5. The molecule has 0 radical (unpaired) electrons. The molecule has 1 aromatic rings. The third-order valence-electron chi connectivity index (χ3n) is 9.84. The van der Waals surface area contributed by atoms with E-state index in [1.807, 2.05) is 6.07 Å². The molecule has 0 aromatic heterocycles. The lowest BCUT2D eigenvalue weighted by Gasteiger charge is -2.11. The quantitative estimate of drug-likeness (QED) is 0.0387. The Bertz CT molecular complexity index is 1130. The van der Waals surface area contributed by atoms with Gasteiger partial charge in [0.05, 0.1) is 13.2 Å². The summed E-state index contributed by atoms with van der Waals surface area (Å²) < 4.78 is 12.0. The fourth-order valence-corrected chi connectivity index (χ4v) is 6.50. The first-order valence-electron chi connectivity index (χ1n) is 22.4. The lowest BCUT2D eigenvalue weighted by molar-refractivity contribution is -0.138. The predicted molar refractivity (Wildman–Crippen MR) is 233 cm³/mol. The van der Waals surface area contributed by atoms with Crippen molar-refractivity contribution < 1.29 is 34.1 Å². The van der Waals surface area contributed by atoms with E-state index >= 15 is 0 Å². The van der Waals surface area contributed by atoms with Crippen molar-refractivity contribution in [3.8, 4) is 11.5 Å². The van der Waals surface area contributed by atoms with Crippen molar-refractivity contribution in [3.63, 3.8) is 0 Å². The highest BCUT2D eigenvalue weighted by Crippen LogP contribution is 2.23. The molecular weight excluding hydrogens is 701 g/mol. The second-order valence-electron chi connectivity index (χ2n) is 15.1. The van der Waals surface area contributed by atoms with Gasteiger partial charge in [-0.25, -0.2) is 0 Å². The van der Waals surface area contributed by atoms with Gasteiger partial charge in [0.2, 0.25) is 0 Å². The van der Waals surface area contributed by atoms with Crippen LogP contribution in [0.15, 0.2) is 66.8 Å². The van der Waals surface area contributed by atoms with Crippen LogP contribution in [0.4, 0.5) is 0 Å². The van der Waals surface area contributed by atoms with Crippen molar-refractivity contribution >= 4 is 18.2 Å². The molecule has 0 aliphatic rings. The molecule has 56 heavy (non-hydrogen) atoms. The molecule has 0 saturated carbocycles. The standard InChI is InChI=1S/C49H78O7/c50-44-45-41-46(55-39-35-31-27-23-19-15-11-7-3-1-5-9-13-17-21-25-29-33-37-48(51)52)43-47(42-45)56-40-36-32-28-24-20-16-12-8-4-2-6-10-14-18-22-26-30-34-38-49(53)54/h3-10,41-44H,1-2,11-40H2,(H,51,52)(H,53,54)/b7-3-,8-4-,9-5-,10-6-. The average molecular weight is 779 g/mol. The van der Waals surface area contributed by atoms with Crippen molar-refractivity contribution in [2.45, 2.75) is 193 Å². The van der Waals surface area contributed by atoms with Gasteiger partial charge in [-0.1, -0.05) is 138 Å². The molecule has 1 aromatic carbocycles. The number of carboxylic acid groups (broad SMARTS) is 2. The van der Waals surface area contributed by atoms with Crippen molar-refractivity contribution in [2.75, 3.05) is 13.2 Å². The van der Waals surface area contributed by atoms with Crippen LogP contribution in [0.5, 0.6) is 11.5 Å². The fraction of sp³-hybridized carbons (Fsp3) is 0.653. The summed E-state index contributed by atoms with van der Waals surface area (Å²) in [7, 11) is 0. The molecule has 0 atom stereocenters. The van der Waals surface area contributed by atoms with Crippen LogP contribution in [0.1, 0.15) is 203 Å². The van der Waals surface area contributed by atoms with Gasteiger partial charge in [-0.2, -0.15) is 0 Å². The Morgan fingerprint density at radius 2 is 0.714 bits per heavy atom. The number of hydrogen-bond acceptors (Lipinski definition) is 5. The molecule has 2 N–H and O–H groups in total. The number of aliphatic carboxylic acids is 2. The normalized spacial score (nSPS) is 11.8. The molecule has 0 aliphatic carbocycles. The minimum atomic E-state index is -0.687. The Hall–Kier alpha value is -3.61. The van der Waals surface area contributed by atoms with Crippen LogP contribution < -0.4 is 9.47 Å². The fourth-order valence-electron chi connectivity index (χ4n) is 6.50. The Morgan fingerprint density at radius 3 is 1.04 bits per heavy atom. The summed E-state index contributed by atoms with van der Waals surface area (Å²) in [4.78, 5) is 32.5. The summed E-state index contributed by atoms with van der Waals surface area (Å²) in [5.74, 6) is 0.0423. The predicted octanol–water partition coefficient (Wildman–Crippen LogP) is 14.4. The van der Waals surface area contributed by atoms with E-state index in [4.69, 9.17) is 19.7 Å². The molecule has 316 valence electrons. The van der Waals surface area contributed by atoms with E-state index in [0.29, 0.717) is 43.1 Å². The Balaban J connectivity index is 1.97. The smallest absolute Gasteiger partial charge is 0.303 e. The zero-order valence-electron chi connectivity index (χ0n) is 35.0. The second-order valence-corrected chi connectivity index (χ2v) is 15.1. The van der Waals surface area contributed by atoms with E-state index < -0.39 is 11.9 Å². The van der Waals surface area contributed by atoms with Gasteiger partial charge >= 0.3 is 11.9 Å². The highest BCUT2D eigenvalue weighted by molar-refractivity contribution is 5.76. The lowest BCUT2D eigenvalue weighted by Crippen LogP contribution is -2.01. The third kappa shape index (κ3) is 36.1. The van der Waals surface area contributed by atoms with Gasteiger partial charge in [-0.05, 0) is 102 Å². The number of hydrogen-bond donors (Lipinski definition) is 2. The highest BCUT2D eigenvalue weighted by atomic mass is 16.5. The van der Waals surface area contributed by atoms with E-state index in [2.05, 4.69) is 48.6 Å². The van der Waals surface area contributed by atoms with Crippen LogP contribution in [-0.2, 0) is 9.59 Å². The van der Waals surface area contributed by atoms with E-state index in [9.17, 15) is 14.4 Å². The first kappa shape index (κ1) is 50.4. The minimum Gasteiger partial charge on any atom is -0.493 e. The molecule has 7 heteroatoms. The molecule has 0 amide bonds. The van der Waals surface area contributed by atoms with Crippen molar-refractivity contribution in [1.82, 2.24) is 0 Å². The van der Waals surface area contributed by atoms with E-state index in [0.717, 1.165) is 109 Å². The molecule has 1 rings (SSSR count). The van der Waals surface area contributed by atoms with E-state index in [1.54, 1.807) is 12.1 Å². The van der Waals surface area contributed by atoms with E-state index in [-0.39, 0.29) is 0 Å². The van der Waals surface area contributed by atoms with Gasteiger partial charge in [0.15, 0.2) is 0 Å². The summed E-state index contributed by atoms with van der Waals surface area (Å²) in [6, 6.07) is 5.50. The molecule has 0 fully saturated rings. The largest absolute Gasteiger partial charge is 0.493 e. The summed E-state index contributed by atoms with van der Waals surface area (Å²) in [6.07, 6.45) is 51.1. The van der Waals surface area contributed by atoms with Gasteiger partial charge in [0.25, 0.3) is 0 Å². The number of rotatable bonds is 41. The SMILES string of the molecule is O=Cc1cc(OCCCCCCCC/C=C\C/C=C\CCCCCCCC(=O)O)cc(OCCCCCCCC/C=C\C/C=C\CCCCCCCC(=O)O)c1. The Labute approximate surface area is 341 Å². The first-order valence-corrected chi connectivity index (χ1v) is 22.4. The van der Waals surface area contributed by atoms with Gasteiger partial charge < -0.3 is 19.7 Å². The van der Waals surface area contributed by atoms with Crippen molar-refractivity contribution in [3.05, 3.63) is 72.4 Å². The molecular formula is C49H78O7. The number of aldehydes is 1. The number of carbonyl (C=O) groups excluding carboxylic acids is 1. The van der Waals surface area contributed by atoms with Crippen LogP contribution in [-0.4, -0.2) is 41.7 Å². The van der Waals surface area contributed by atoms with Crippen LogP contribution >= 0.6 is 0 Å². The number of unbranched alkanes of at least 4 members (excludes halogenated alkanes) is 22. The average Bonchev–Trinajstić information content (AvgIpc) is 3.18. The topological polar surface area (TPSA) is 110 Å². The lowest BCUT2D eigenvalue weighted by atomic mass is 10.1. The zero-order valence-corrected chi connectivity index (χ0v) is 35.0. The summed E-state index contributed by atoms with van der Waals surface area (Å²) in [5.41, 5.74) is 0.587. The molecule has 0 heterocycles. The molecule has 0 aliphatic heterocycles. The number of carbonyl (C=O) groups is 3. The molecule has 0 spiro atoms. The molecule has 0 bridgehead atoms. The van der Waals surface area contributed by atoms with Gasteiger partial charge in [0, 0.05) is 24.5 Å². The van der Waals surface area contributed by atoms with Crippen molar-refractivity contribution in [2.24, 2.45) is 0 Å². The monoisotopic (exact) mass is 779 g/mol. The molecule has 0 unspecified atom stereocenters. The molecule has 7 nitrogen and oxygen atoms in total. The zero-order chi connectivity index (χ0) is 40.4. The maximum Gasteiger partial charge on any atom is 0.303 e. The summed E-state index contributed by atoms with van der Waals surface area (Å²) in [6.45, 7) is 1.30. The first-order chi connectivity index (χ1) is 27.5. The third-order valence-corrected chi connectivity index (χ3v) is 9.84. The summed E-state index contributed by atoms with van der Waals surface area (Å²) in [5, 5.41) is 17.3. The minimum absolute atomic E-state index is 0.299. The molecule has 0 saturated heterocycles. The van der Waals surface area contributed by atoms with Gasteiger partial charge in [-0.15, -0.1) is 0 Å². The number of allylic oxidation sites excluding steroid dienone is 8. The van der Waals surface area contributed by atoms with Crippen LogP contribution in [0, 0.1) is 0 Å². The Morgan fingerprint density at radius 1 is 0.411 bits per heavy atom.